The first-order valence-electron chi connectivity index (χ1n) is 4.97. The summed E-state index contributed by atoms with van der Waals surface area (Å²) >= 11 is 5.48. The van der Waals surface area contributed by atoms with Crippen LogP contribution in [0, 0.1) is 0 Å². The van der Waals surface area contributed by atoms with Crippen molar-refractivity contribution in [1.82, 2.24) is 5.32 Å². The third-order valence-corrected chi connectivity index (χ3v) is 4.07. The summed E-state index contributed by atoms with van der Waals surface area (Å²) in [5, 5.41) is 3.57. The van der Waals surface area contributed by atoms with E-state index >= 15 is 0 Å². The van der Waals surface area contributed by atoms with E-state index in [0.29, 0.717) is 6.04 Å². The predicted molar refractivity (Wildman–Crippen MR) is 65.9 cm³/mol. The Bertz CT molecular complexity index is 327. The lowest BCUT2D eigenvalue weighted by atomic mass is 10.1. The van der Waals surface area contributed by atoms with Gasteiger partial charge in [-0.25, -0.2) is 0 Å². The van der Waals surface area contributed by atoms with Crippen molar-refractivity contribution in [2.45, 2.75) is 24.3 Å². The van der Waals surface area contributed by atoms with Crippen LogP contribution in [0.1, 0.15) is 24.9 Å². The fraction of sp³-hybridized carbons (Fsp3) is 0.455. The van der Waals surface area contributed by atoms with Gasteiger partial charge in [-0.3, -0.25) is 0 Å². The average Bonchev–Trinajstić information content (AvgIpc) is 2.57. The van der Waals surface area contributed by atoms with E-state index in [-0.39, 0.29) is 0 Å². The Morgan fingerprint density at radius 2 is 2.43 bits per heavy atom. The molecular formula is C11H14BrNS. The maximum atomic E-state index is 3.57. The Morgan fingerprint density at radius 3 is 3.21 bits per heavy atom. The molecule has 1 atom stereocenters. The Balaban J connectivity index is 2.16. The van der Waals surface area contributed by atoms with Crippen LogP contribution in [0.4, 0.5) is 0 Å². The first-order chi connectivity index (χ1) is 6.81. The number of rotatable bonds is 3. The largest absolute Gasteiger partial charge is 0.309 e. The number of benzene rings is 1. The average molecular weight is 272 g/mol. The minimum atomic E-state index is 0.549. The van der Waals surface area contributed by atoms with Gasteiger partial charge in [0.25, 0.3) is 0 Å². The first kappa shape index (κ1) is 10.5. The van der Waals surface area contributed by atoms with Crippen LogP contribution >= 0.6 is 27.7 Å². The maximum Gasteiger partial charge on any atom is 0.0426 e. The van der Waals surface area contributed by atoms with E-state index in [1.807, 2.05) is 11.8 Å². The summed E-state index contributed by atoms with van der Waals surface area (Å²) in [7, 11) is 0. The number of halogens is 1. The Kier molecular flexibility index (Phi) is 3.52. The monoisotopic (exact) mass is 271 g/mol. The topological polar surface area (TPSA) is 12.0 Å². The third kappa shape index (κ3) is 2.15. The smallest absolute Gasteiger partial charge is 0.0426 e. The highest BCUT2D eigenvalue weighted by Crippen LogP contribution is 2.39. The van der Waals surface area contributed by atoms with Crippen LogP contribution in [0.5, 0.6) is 0 Å². The number of nitrogens with one attached hydrogen (secondary N) is 1. The molecule has 1 aromatic carbocycles. The summed E-state index contributed by atoms with van der Waals surface area (Å²) in [6, 6.07) is 7.11. The zero-order valence-corrected chi connectivity index (χ0v) is 10.6. The molecule has 1 aromatic rings. The van der Waals surface area contributed by atoms with E-state index in [1.54, 1.807) is 0 Å². The van der Waals surface area contributed by atoms with Crippen molar-refractivity contribution < 1.29 is 0 Å². The predicted octanol–water partition coefficient (Wildman–Crippen LogP) is 3.60. The molecule has 2 rings (SSSR count). The summed E-state index contributed by atoms with van der Waals surface area (Å²) in [6.07, 6.45) is 1.20. The molecule has 0 saturated carbocycles. The Hall–Kier alpha value is 0.01000. The molecule has 0 aliphatic carbocycles. The van der Waals surface area contributed by atoms with Crippen molar-refractivity contribution in [2.75, 3.05) is 12.3 Å². The van der Waals surface area contributed by atoms with Gasteiger partial charge in [0.2, 0.25) is 0 Å². The highest BCUT2D eigenvalue weighted by molar-refractivity contribution is 9.10. The standard InChI is InChI=1S/C11H14BrNS/c1-2-5-13-10-7-14-11-4-3-8(12)6-9(10)11/h3-4,6,10,13H,2,5,7H2,1H3. The molecule has 14 heavy (non-hydrogen) atoms. The molecule has 0 amide bonds. The zero-order valence-electron chi connectivity index (χ0n) is 8.22. The molecule has 1 heterocycles. The fourth-order valence-corrected chi connectivity index (χ4v) is 3.23. The minimum absolute atomic E-state index is 0.549. The lowest BCUT2D eigenvalue weighted by molar-refractivity contribution is 0.579. The van der Waals surface area contributed by atoms with Crippen molar-refractivity contribution in [2.24, 2.45) is 0 Å². The van der Waals surface area contributed by atoms with Crippen molar-refractivity contribution in [1.29, 1.82) is 0 Å². The Morgan fingerprint density at radius 1 is 1.57 bits per heavy atom. The molecule has 0 aromatic heterocycles. The van der Waals surface area contributed by atoms with Gasteiger partial charge in [-0.05, 0) is 36.7 Å². The molecule has 0 saturated heterocycles. The van der Waals surface area contributed by atoms with E-state index < -0.39 is 0 Å². The molecule has 0 fully saturated rings. The van der Waals surface area contributed by atoms with Gasteiger partial charge in [0.1, 0.15) is 0 Å². The van der Waals surface area contributed by atoms with E-state index in [1.165, 1.54) is 27.1 Å². The highest BCUT2D eigenvalue weighted by atomic mass is 79.9. The van der Waals surface area contributed by atoms with Crippen LogP contribution in [0.15, 0.2) is 27.6 Å². The van der Waals surface area contributed by atoms with Crippen molar-refractivity contribution >= 4 is 27.7 Å². The van der Waals surface area contributed by atoms with Crippen molar-refractivity contribution in [3.8, 4) is 0 Å². The quantitative estimate of drug-likeness (QED) is 0.902. The van der Waals surface area contributed by atoms with Gasteiger partial charge in [0, 0.05) is 21.2 Å². The van der Waals surface area contributed by atoms with E-state index in [9.17, 15) is 0 Å². The van der Waals surface area contributed by atoms with Crippen LogP contribution in [-0.4, -0.2) is 12.3 Å². The molecule has 1 nitrogen and oxygen atoms in total. The highest BCUT2D eigenvalue weighted by Gasteiger charge is 2.22. The molecule has 3 heteroatoms. The fourth-order valence-electron chi connectivity index (χ4n) is 1.67. The van der Waals surface area contributed by atoms with E-state index in [4.69, 9.17) is 0 Å². The number of fused-ring (bicyclic) bond motifs is 1. The number of hydrogen-bond acceptors (Lipinski definition) is 2. The van der Waals surface area contributed by atoms with Gasteiger partial charge in [-0.1, -0.05) is 22.9 Å². The first-order valence-corrected chi connectivity index (χ1v) is 6.74. The molecule has 0 bridgehead atoms. The second kappa shape index (κ2) is 4.69. The maximum absolute atomic E-state index is 3.57. The van der Waals surface area contributed by atoms with Crippen LogP contribution in [0.25, 0.3) is 0 Å². The molecule has 1 N–H and O–H groups in total. The lowest BCUT2D eigenvalue weighted by Gasteiger charge is -2.12. The van der Waals surface area contributed by atoms with Crippen molar-refractivity contribution in [3.05, 3.63) is 28.2 Å². The molecule has 76 valence electrons. The SMILES string of the molecule is CCCNC1CSc2ccc(Br)cc21. The van der Waals surface area contributed by atoms with Crippen LogP contribution < -0.4 is 5.32 Å². The summed E-state index contributed by atoms with van der Waals surface area (Å²) in [4.78, 5) is 1.43. The summed E-state index contributed by atoms with van der Waals surface area (Å²) in [5.41, 5.74) is 1.46. The van der Waals surface area contributed by atoms with Crippen molar-refractivity contribution in [3.63, 3.8) is 0 Å². The number of thioether (sulfide) groups is 1. The minimum Gasteiger partial charge on any atom is -0.309 e. The molecule has 0 radical (unpaired) electrons. The summed E-state index contributed by atoms with van der Waals surface area (Å²) in [6.45, 7) is 3.31. The zero-order chi connectivity index (χ0) is 9.97. The van der Waals surface area contributed by atoms with E-state index in [2.05, 4.69) is 46.4 Å². The van der Waals surface area contributed by atoms with Crippen LogP contribution in [0.2, 0.25) is 0 Å². The summed E-state index contributed by atoms with van der Waals surface area (Å²) in [5.74, 6) is 1.17. The van der Waals surface area contributed by atoms with Crippen LogP contribution in [-0.2, 0) is 0 Å². The molecule has 1 aliphatic heterocycles. The van der Waals surface area contributed by atoms with Gasteiger partial charge in [-0.15, -0.1) is 11.8 Å². The molecule has 0 spiro atoms. The van der Waals surface area contributed by atoms with Gasteiger partial charge in [0.05, 0.1) is 0 Å². The second-order valence-corrected chi connectivity index (χ2v) is 5.48. The molecular weight excluding hydrogens is 258 g/mol. The third-order valence-electron chi connectivity index (χ3n) is 2.39. The van der Waals surface area contributed by atoms with Gasteiger partial charge in [-0.2, -0.15) is 0 Å². The lowest BCUT2D eigenvalue weighted by Crippen LogP contribution is -2.21. The van der Waals surface area contributed by atoms with Crippen LogP contribution in [0.3, 0.4) is 0 Å². The normalized spacial score (nSPS) is 19.7. The van der Waals surface area contributed by atoms with Gasteiger partial charge < -0.3 is 5.32 Å². The Labute approximate surface area is 97.8 Å². The molecule has 1 unspecified atom stereocenters. The van der Waals surface area contributed by atoms with Gasteiger partial charge in [0.15, 0.2) is 0 Å². The second-order valence-electron chi connectivity index (χ2n) is 3.50. The summed E-state index contributed by atoms with van der Waals surface area (Å²) < 4.78 is 1.18. The van der Waals surface area contributed by atoms with Gasteiger partial charge >= 0.3 is 0 Å². The van der Waals surface area contributed by atoms with E-state index in [0.717, 1.165) is 6.54 Å². The number of hydrogen-bond donors (Lipinski definition) is 1. The molecule has 1 aliphatic rings.